The highest BCUT2D eigenvalue weighted by Crippen LogP contribution is 2.03. The molecule has 1 heterocycles. The molecule has 1 aliphatic heterocycles. The summed E-state index contributed by atoms with van der Waals surface area (Å²) >= 11 is 10.2. The van der Waals surface area contributed by atoms with Crippen LogP contribution in [-0.4, -0.2) is 4.99 Å². The summed E-state index contributed by atoms with van der Waals surface area (Å²) in [5.74, 6) is 0. The van der Waals surface area contributed by atoms with Gasteiger partial charge in [0.15, 0.2) is 0 Å². The fourth-order valence-electron chi connectivity index (χ4n) is 0.390. The Morgan fingerprint density at radius 1 is 1.62 bits per heavy atom. The number of rotatable bonds is 0. The molecule has 41 valence electrons. The van der Waals surface area contributed by atoms with Crippen LogP contribution >= 0.6 is 23.8 Å². The minimum absolute atomic E-state index is 0.456. The van der Waals surface area contributed by atoms with E-state index in [1.807, 2.05) is 0 Å². The summed E-state index contributed by atoms with van der Waals surface area (Å²) in [6.45, 7) is 0. The van der Waals surface area contributed by atoms with Gasteiger partial charge in [-0.25, -0.2) is 5.32 Å². The summed E-state index contributed by atoms with van der Waals surface area (Å²) in [5, 5.41) is 4.21. The summed E-state index contributed by atoms with van der Waals surface area (Å²) in [7, 11) is 0. The van der Waals surface area contributed by atoms with E-state index in [-0.39, 0.29) is 0 Å². The van der Waals surface area contributed by atoms with Crippen molar-refractivity contribution in [2.24, 2.45) is 0 Å². The normalized spacial score (nSPS) is 17.6. The van der Waals surface area contributed by atoms with Crippen molar-refractivity contribution in [1.82, 2.24) is 5.32 Å². The molecule has 0 fully saturated rings. The number of thiocarbonyl (C=S) groups is 1. The van der Waals surface area contributed by atoms with Crippen LogP contribution in [0.1, 0.15) is 0 Å². The molecule has 1 radical (unpaired) electrons. The maximum Gasteiger partial charge on any atom is 0.130 e. The predicted molar refractivity (Wildman–Crippen MR) is 37.8 cm³/mol. The monoisotopic (exact) mass is 144 g/mol. The number of allylic oxidation sites excluding steroid dienone is 2. The molecule has 0 aliphatic carbocycles. The Kier molecular flexibility index (Phi) is 1.65. The predicted octanol–water partition coefficient (Wildman–Crippen LogP) is 1.57. The maximum atomic E-state index is 5.47. The smallest absolute Gasteiger partial charge is 0.130 e. The van der Waals surface area contributed by atoms with E-state index >= 15 is 0 Å². The fraction of sp³-hybridized carbons (Fsp3) is 0. The summed E-state index contributed by atoms with van der Waals surface area (Å²) < 4.78 is 0. The average molecular weight is 145 g/mol. The summed E-state index contributed by atoms with van der Waals surface area (Å²) in [6.07, 6.45) is 5.19. The molecule has 0 saturated carbocycles. The van der Waals surface area contributed by atoms with Crippen molar-refractivity contribution in [3.8, 4) is 0 Å². The van der Waals surface area contributed by atoms with Crippen molar-refractivity contribution < 1.29 is 0 Å². The van der Waals surface area contributed by atoms with Gasteiger partial charge in [0.25, 0.3) is 0 Å². The van der Waals surface area contributed by atoms with E-state index in [4.69, 9.17) is 23.8 Å². The standard InChI is InChI=1S/C5H3ClNS/c6-4-2-1-3-5(8)7-4/h1-3H. The van der Waals surface area contributed by atoms with Gasteiger partial charge >= 0.3 is 0 Å². The molecule has 1 rings (SSSR count). The lowest BCUT2D eigenvalue weighted by molar-refractivity contribution is 1.24. The number of nitrogens with zero attached hydrogens (tertiary/aromatic N) is 1. The molecule has 0 saturated heterocycles. The van der Waals surface area contributed by atoms with E-state index in [1.54, 1.807) is 18.2 Å². The van der Waals surface area contributed by atoms with E-state index < -0.39 is 0 Å². The van der Waals surface area contributed by atoms with Gasteiger partial charge in [-0.15, -0.1) is 0 Å². The Labute approximate surface area is 58.0 Å². The zero-order valence-electron chi connectivity index (χ0n) is 3.97. The molecule has 0 atom stereocenters. The van der Waals surface area contributed by atoms with E-state index in [1.165, 1.54) is 0 Å². The molecular weight excluding hydrogens is 142 g/mol. The molecular formula is C5H3ClNS. The summed E-state index contributed by atoms with van der Waals surface area (Å²) in [5.41, 5.74) is 0. The molecule has 0 amide bonds. The highest BCUT2D eigenvalue weighted by Gasteiger charge is 1.98. The van der Waals surface area contributed by atoms with E-state index in [0.717, 1.165) is 0 Å². The van der Waals surface area contributed by atoms with E-state index in [0.29, 0.717) is 10.1 Å². The molecule has 0 unspecified atom stereocenters. The van der Waals surface area contributed by atoms with Crippen LogP contribution in [0.4, 0.5) is 0 Å². The van der Waals surface area contributed by atoms with Crippen molar-refractivity contribution in [2.45, 2.75) is 0 Å². The van der Waals surface area contributed by atoms with Gasteiger partial charge in [-0.2, -0.15) is 0 Å². The van der Waals surface area contributed by atoms with Gasteiger partial charge in [0.05, 0.1) is 0 Å². The highest BCUT2D eigenvalue weighted by molar-refractivity contribution is 7.80. The first-order chi connectivity index (χ1) is 3.79. The van der Waals surface area contributed by atoms with Crippen LogP contribution < -0.4 is 5.32 Å². The first-order valence-electron chi connectivity index (χ1n) is 2.08. The minimum Gasteiger partial charge on any atom is -0.225 e. The van der Waals surface area contributed by atoms with Gasteiger partial charge in [-0.05, 0) is 12.2 Å². The number of hydrogen-bond donors (Lipinski definition) is 0. The third kappa shape index (κ3) is 1.32. The fourth-order valence-corrected chi connectivity index (χ4v) is 0.780. The topological polar surface area (TPSA) is 14.1 Å². The quantitative estimate of drug-likeness (QED) is 0.372. The Balaban J connectivity index is 2.73. The third-order valence-electron chi connectivity index (χ3n) is 0.690. The van der Waals surface area contributed by atoms with Crippen LogP contribution in [0.25, 0.3) is 0 Å². The molecule has 0 aromatic carbocycles. The van der Waals surface area contributed by atoms with Crippen LogP contribution in [0, 0.1) is 0 Å². The summed E-state index contributed by atoms with van der Waals surface area (Å²) in [4.78, 5) is 0.539. The van der Waals surface area contributed by atoms with Crippen molar-refractivity contribution >= 4 is 28.8 Å². The lowest BCUT2D eigenvalue weighted by Gasteiger charge is -1.99. The van der Waals surface area contributed by atoms with Crippen LogP contribution in [0.2, 0.25) is 0 Å². The Hall–Kier alpha value is -0.340. The van der Waals surface area contributed by atoms with Gasteiger partial charge in [0.1, 0.15) is 10.1 Å². The Morgan fingerprint density at radius 3 is 2.75 bits per heavy atom. The molecule has 0 spiro atoms. The molecule has 8 heavy (non-hydrogen) atoms. The van der Waals surface area contributed by atoms with Crippen molar-refractivity contribution in [2.75, 3.05) is 0 Å². The van der Waals surface area contributed by atoms with Crippen molar-refractivity contribution in [3.63, 3.8) is 0 Å². The molecule has 3 heteroatoms. The second-order valence-electron chi connectivity index (χ2n) is 1.30. The van der Waals surface area contributed by atoms with E-state index in [9.17, 15) is 0 Å². The molecule has 0 bridgehead atoms. The van der Waals surface area contributed by atoms with Gasteiger partial charge in [0.2, 0.25) is 0 Å². The highest BCUT2D eigenvalue weighted by atomic mass is 35.5. The zero-order valence-corrected chi connectivity index (χ0v) is 5.54. The van der Waals surface area contributed by atoms with Crippen molar-refractivity contribution in [3.05, 3.63) is 23.4 Å². The third-order valence-corrected chi connectivity index (χ3v) is 1.13. The molecule has 1 aliphatic rings. The molecule has 1 nitrogen and oxygen atoms in total. The van der Waals surface area contributed by atoms with Crippen LogP contribution in [0.15, 0.2) is 23.4 Å². The molecule has 0 N–H and O–H groups in total. The van der Waals surface area contributed by atoms with Gasteiger partial charge in [-0.3, -0.25) is 0 Å². The van der Waals surface area contributed by atoms with Gasteiger partial charge in [-0.1, -0.05) is 29.9 Å². The number of hydrogen-bond acceptors (Lipinski definition) is 1. The second kappa shape index (κ2) is 2.29. The van der Waals surface area contributed by atoms with Crippen LogP contribution in [0.3, 0.4) is 0 Å². The second-order valence-corrected chi connectivity index (χ2v) is 2.10. The van der Waals surface area contributed by atoms with E-state index in [2.05, 4.69) is 5.32 Å². The first-order valence-corrected chi connectivity index (χ1v) is 2.87. The van der Waals surface area contributed by atoms with Crippen LogP contribution in [0.5, 0.6) is 0 Å². The Bertz CT molecular complexity index is 171. The molecule has 0 aromatic rings. The van der Waals surface area contributed by atoms with Gasteiger partial charge < -0.3 is 0 Å². The van der Waals surface area contributed by atoms with Crippen LogP contribution in [-0.2, 0) is 0 Å². The first kappa shape index (κ1) is 5.79. The Morgan fingerprint density at radius 2 is 2.38 bits per heavy atom. The lowest BCUT2D eigenvalue weighted by atomic mass is 10.4. The summed E-state index contributed by atoms with van der Waals surface area (Å²) in [6, 6.07) is 0. The molecule has 0 aromatic heterocycles. The van der Waals surface area contributed by atoms with Crippen molar-refractivity contribution in [1.29, 1.82) is 0 Å². The number of halogens is 1. The lowest BCUT2D eigenvalue weighted by Crippen LogP contribution is -2.08. The largest absolute Gasteiger partial charge is 0.225 e. The maximum absolute atomic E-state index is 5.47. The average Bonchev–Trinajstić information content (AvgIpc) is 1.64. The SMILES string of the molecule is S=C1C=CC=C(Cl)[N]1. The minimum atomic E-state index is 0.456. The zero-order chi connectivity index (χ0) is 5.98. The van der Waals surface area contributed by atoms with Gasteiger partial charge in [0, 0.05) is 0 Å².